The van der Waals surface area contributed by atoms with Crippen LogP contribution in [-0.2, 0) is 5.41 Å². The third-order valence-electron chi connectivity index (χ3n) is 5.39. The van der Waals surface area contributed by atoms with Crippen LogP contribution in [0.15, 0.2) is 60.7 Å². The molecule has 1 aliphatic heterocycles. The number of aliphatic hydroxyl groups excluding tert-OH is 1. The van der Waals surface area contributed by atoms with Crippen LogP contribution in [-0.4, -0.2) is 35.7 Å². The molecule has 23 heavy (non-hydrogen) atoms. The molecule has 0 radical (unpaired) electrons. The fourth-order valence-corrected chi connectivity index (χ4v) is 4.13. The van der Waals surface area contributed by atoms with Gasteiger partial charge in [0.1, 0.15) is 0 Å². The van der Waals surface area contributed by atoms with E-state index in [-0.39, 0.29) is 12.0 Å². The maximum absolute atomic E-state index is 9.66. The number of benzene rings is 2. The monoisotopic (exact) mass is 309 g/mol. The van der Waals surface area contributed by atoms with E-state index in [1.54, 1.807) is 0 Å². The Hall–Kier alpha value is -1.64. The first-order valence-electron chi connectivity index (χ1n) is 8.64. The summed E-state index contributed by atoms with van der Waals surface area (Å²) in [6.07, 6.45) is 0.840. The molecule has 122 valence electrons. The summed E-state index contributed by atoms with van der Waals surface area (Å²) in [5.74, 6) is 0.430. The summed E-state index contributed by atoms with van der Waals surface area (Å²) in [4.78, 5) is 2.56. The van der Waals surface area contributed by atoms with Gasteiger partial charge in [0.15, 0.2) is 0 Å². The zero-order chi connectivity index (χ0) is 16.3. The Morgan fingerprint density at radius 2 is 1.52 bits per heavy atom. The van der Waals surface area contributed by atoms with Crippen LogP contribution in [0.5, 0.6) is 0 Å². The Labute approximate surface area is 139 Å². The average Bonchev–Trinajstić information content (AvgIpc) is 2.98. The molecule has 2 nitrogen and oxygen atoms in total. The van der Waals surface area contributed by atoms with Crippen molar-refractivity contribution in [3.05, 3.63) is 71.8 Å². The molecule has 0 bridgehead atoms. The normalized spacial score (nSPS) is 21.0. The molecular formula is C21H27NO. The first-order valence-corrected chi connectivity index (χ1v) is 8.64. The lowest BCUT2D eigenvalue weighted by Gasteiger charge is -2.36. The Kier molecular flexibility index (Phi) is 4.84. The Bertz CT molecular complexity index is 569. The quantitative estimate of drug-likeness (QED) is 0.910. The molecule has 1 N–H and O–H groups in total. The first kappa shape index (κ1) is 16.2. The summed E-state index contributed by atoms with van der Waals surface area (Å²) in [6.45, 7) is 6.84. The maximum atomic E-state index is 9.66. The van der Waals surface area contributed by atoms with Crippen molar-refractivity contribution in [2.75, 3.05) is 19.7 Å². The lowest BCUT2D eigenvalue weighted by atomic mass is 9.67. The molecule has 1 atom stereocenters. The van der Waals surface area contributed by atoms with Gasteiger partial charge < -0.3 is 5.11 Å². The maximum Gasteiger partial charge on any atom is 0.0434 e. The van der Waals surface area contributed by atoms with E-state index in [0.29, 0.717) is 12.0 Å². The van der Waals surface area contributed by atoms with Gasteiger partial charge >= 0.3 is 0 Å². The molecule has 3 rings (SSSR count). The minimum Gasteiger partial charge on any atom is -0.396 e. The molecular weight excluding hydrogens is 282 g/mol. The van der Waals surface area contributed by atoms with Crippen LogP contribution in [0.1, 0.15) is 31.4 Å². The second-order valence-corrected chi connectivity index (χ2v) is 6.94. The fraction of sp³-hybridized carbons (Fsp3) is 0.429. The molecule has 0 aromatic heterocycles. The SMILES string of the molecule is CC(C)N1C[C@@H](CCO)C(c2ccccc2)(c2ccccc2)C1. The minimum atomic E-state index is -0.0322. The van der Waals surface area contributed by atoms with Crippen molar-refractivity contribution in [1.29, 1.82) is 0 Å². The van der Waals surface area contributed by atoms with Gasteiger partial charge in [0.2, 0.25) is 0 Å². The highest BCUT2D eigenvalue weighted by Gasteiger charge is 2.48. The fourth-order valence-electron chi connectivity index (χ4n) is 4.13. The molecule has 1 saturated heterocycles. The molecule has 0 aliphatic carbocycles. The summed E-state index contributed by atoms with van der Waals surface area (Å²) < 4.78 is 0. The first-order chi connectivity index (χ1) is 11.2. The van der Waals surface area contributed by atoms with Crippen LogP contribution in [0, 0.1) is 5.92 Å². The second-order valence-electron chi connectivity index (χ2n) is 6.94. The number of hydrogen-bond donors (Lipinski definition) is 1. The van der Waals surface area contributed by atoms with Crippen LogP contribution in [0.4, 0.5) is 0 Å². The molecule has 1 heterocycles. The van der Waals surface area contributed by atoms with Crippen LogP contribution < -0.4 is 0 Å². The van der Waals surface area contributed by atoms with Gasteiger partial charge in [-0.1, -0.05) is 60.7 Å². The molecule has 0 unspecified atom stereocenters. The summed E-state index contributed by atoms with van der Waals surface area (Å²) in [7, 11) is 0. The standard InChI is InChI=1S/C21H27NO/c1-17(2)22-15-20(13-14-23)21(16-22,18-9-5-3-6-10-18)19-11-7-4-8-12-19/h3-12,17,20,23H,13-16H2,1-2H3/t20-/m1/s1. The molecule has 0 amide bonds. The van der Waals surface area contributed by atoms with Crippen molar-refractivity contribution in [3.8, 4) is 0 Å². The van der Waals surface area contributed by atoms with Crippen LogP contribution in [0.3, 0.4) is 0 Å². The lowest BCUT2D eigenvalue weighted by Crippen LogP contribution is -2.38. The second kappa shape index (κ2) is 6.86. The predicted octanol–water partition coefficient (Wildman–Crippen LogP) is 3.70. The highest BCUT2D eigenvalue weighted by molar-refractivity contribution is 5.42. The summed E-state index contributed by atoms with van der Waals surface area (Å²) in [5.41, 5.74) is 2.70. The van der Waals surface area contributed by atoms with Crippen molar-refractivity contribution < 1.29 is 5.11 Å². The predicted molar refractivity (Wildman–Crippen MR) is 95.6 cm³/mol. The van der Waals surface area contributed by atoms with E-state index in [1.807, 2.05) is 0 Å². The Morgan fingerprint density at radius 1 is 1.00 bits per heavy atom. The number of likely N-dealkylation sites (tertiary alicyclic amines) is 1. The summed E-state index contributed by atoms with van der Waals surface area (Å²) in [5, 5.41) is 9.66. The topological polar surface area (TPSA) is 23.5 Å². The van der Waals surface area contributed by atoms with Gasteiger partial charge in [0, 0.05) is 31.2 Å². The zero-order valence-corrected chi connectivity index (χ0v) is 14.2. The highest BCUT2D eigenvalue weighted by Crippen LogP contribution is 2.46. The van der Waals surface area contributed by atoms with Crippen LogP contribution in [0.2, 0.25) is 0 Å². The smallest absolute Gasteiger partial charge is 0.0434 e. The molecule has 1 fully saturated rings. The molecule has 2 aromatic carbocycles. The van der Waals surface area contributed by atoms with Crippen molar-refractivity contribution in [2.45, 2.75) is 31.7 Å². The van der Waals surface area contributed by atoms with Gasteiger partial charge in [0.25, 0.3) is 0 Å². The Morgan fingerprint density at radius 3 is 1.96 bits per heavy atom. The third-order valence-corrected chi connectivity index (χ3v) is 5.39. The lowest BCUT2D eigenvalue weighted by molar-refractivity contribution is 0.230. The number of hydrogen-bond acceptors (Lipinski definition) is 2. The largest absolute Gasteiger partial charge is 0.396 e. The van der Waals surface area contributed by atoms with E-state index in [0.717, 1.165) is 19.5 Å². The molecule has 0 saturated carbocycles. The van der Waals surface area contributed by atoms with Crippen LogP contribution in [0.25, 0.3) is 0 Å². The van der Waals surface area contributed by atoms with E-state index in [2.05, 4.69) is 79.4 Å². The van der Waals surface area contributed by atoms with E-state index < -0.39 is 0 Å². The van der Waals surface area contributed by atoms with E-state index in [1.165, 1.54) is 11.1 Å². The van der Waals surface area contributed by atoms with Crippen molar-refractivity contribution in [3.63, 3.8) is 0 Å². The van der Waals surface area contributed by atoms with Crippen molar-refractivity contribution in [2.24, 2.45) is 5.92 Å². The van der Waals surface area contributed by atoms with Gasteiger partial charge in [0.05, 0.1) is 0 Å². The van der Waals surface area contributed by atoms with Crippen LogP contribution >= 0.6 is 0 Å². The van der Waals surface area contributed by atoms with E-state index >= 15 is 0 Å². The van der Waals surface area contributed by atoms with Gasteiger partial charge in [-0.2, -0.15) is 0 Å². The number of aliphatic hydroxyl groups is 1. The van der Waals surface area contributed by atoms with E-state index in [4.69, 9.17) is 0 Å². The van der Waals surface area contributed by atoms with Crippen molar-refractivity contribution in [1.82, 2.24) is 4.90 Å². The summed E-state index contributed by atoms with van der Waals surface area (Å²) >= 11 is 0. The van der Waals surface area contributed by atoms with Gasteiger partial charge in [-0.3, -0.25) is 4.90 Å². The number of rotatable bonds is 5. The highest BCUT2D eigenvalue weighted by atomic mass is 16.3. The molecule has 2 aromatic rings. The molecule has 2 heteroatoms. The average molecular weight is 309 g/mol. The summed E-state index contributed by atoms with van der Waals surface area (Å²) in [6, 6.07) is 22.2. The molecule has 0 spiro atoms. The molecule has 1 aliphatic rings. The van der Waals surface area contributed by atoms with Gasteiger partial charge in [-0.15, -0.1) is 0 Å². The van der Waals surface area contributed by atoms with E-state index in [9.17, 15) is 5.11 Å². The number of nitrogens with zero attached hydrogens (tertiary/aromatic N) is 1. The Balaban J connectivity index is 2.14. The van der Waals surface area contributed by atoms with Gasteiger partial charge in [-0.25, -0.2) is 0 Å². The minimum absolute atomic E-state index is 0.0322. The van der Waals surface area contributed by atoms with Crippen molar-refractivity contribution >= 4 is 0 Å². The zero-order valence-electron chi connectivity index (χ0n) is 14.2. The van der Waals surface area contributed by atoms with Gasteiger partial charge in [-0.05, 0) is 37.3 Å². The third kappa shape index (κ3) is 2.93.